The molecule has 0 aromatic heterocycles. The fourth-order valence-electron chi connectivity index (χ4n) is 2.73. The van der Waals surface area contributed by atoms with Crippen LogP contribution in [0.2, 0.25) is 0 Å². The number of thiocarbonyl (C=S) groups is 1. The predicted molar refractivity (Wildman–Crippen MR) is 144 cm³/mol. The minimum absolute atomic E-state index is 0.113. The highest BCUT2D eigenvalue weighted by molar-refractivity contribution is 9.11. The topological polar surface area (TPSA) is 80.9 Å². The zero-order valence-electron chi connectivity index (χ0n) is 17.8. The molecule has 33 heavy (non-hydrogen) atoms. The lowest BCUT2D eigenvalue weighted by molar-refractivity contribution is 0.0933. The normalized spacial score (nSPS) is 11.9. The highest BCUT2D eigenvalue weighted by Gasteiger charge is 2.35. The first kappa shape index (κ1) is 28.1. The van der Waals surface area contributed by atoms with Crippen molar-refractivity contribution in [1.82, 2.24) is 10.6 Å². The number of halogens is 5. The van der Waals surface area contributed by atoms with Gasteiger partial charge in [-0.3, -0.25) is 4.79 Å². The van der Waals surface area contributed by atoms with E-state index in [-0.39, 0.29) is 10.7 Å². The second-order valence-corrected chi connectivity index (χ2v) is 11.0. The molecule has 7 nitrogen and oxygen atoms in total. The molecule has 0 aliphatic carbocycles. The molecule has 0 saturated carbocycles. The molecule has 13 heteroatoms. The van der Waals surface area contributed by atoms with E-state index in [0.29, 0.717) is 22.9 Å². The Bertz CT molecular complexity index is 1010. The summed E-state index contributed by atoms with van der Waals surface area (Å²) >= 11 is 30.6. The lowest BCUT2D eigenvalue weighted by atomic mass is 10.1. The van der Waals surface area contributed by atoms with Crippen LogP contribution in [0, 0.1) is 6.92 Å². The molecule has 180 valence electrons. The Morgan fingerprint density at radius 3 is 1.91 bits per heavy atom. The van der Waals surface area contributed by atoms with Gasteiger partial charge in [0.15, 0.2) is 16.6 Å². The van der Waals surface area contributed by atoms with Gasteiger partial charge in [0.25, 0.3) is 5.91 Å². The van der Waals surface area contributed by atoms with Crippen molar-refractivity contribution in [2.75, 3.05) is 26.6 Å². The van der Waals surface area contributed by atoms with Crippen LogP contribution in [0.1, 0.15) is 15.9 Å². The Hall–Kier alpha value is -1.17. The van der Waals surface area contributed by atoms with Crippen molar-refractivity contribution in [3.05, 3.63) is 44.3 Å². The number of alkyl halides is 3. The molecule has 1 unspecified atom stereocenters. The van der Waals surface area contributed by atoms with E-state index in [4.69, 9.17) is 61.2 Å². The van der Waals surface area contributed by atoms with E-state index in [0.717, 1.165) is 14.5 Å². The maximum atomic E-state index is 13.0. The van der Waals surface area contributed by atoms with Crippen LogP contribution in [0.25, 0.3) is 0 Å². The summed E-state index contributed by atoms with van der Waals surface area (Å²) in [6, 6.07) is 6.77. The van der Waals surface area contributed by atoms with Crippen LogP contribution >= 0.6 is 78.9 Å². The van der Waals surface area contributed by atoms with Crippen LogP contribution in [0.15, 0.2) is 33.2 Å². The average Bonchev–Trinajstić information content (AvgIpc) is 2.73. The molecule has 2 aromatic carbocycles. The van der Waals surface area contributed by atoms with Crippen LogP contribution < -0.4 is 30.2 Å². The molecule has 0 radical (unpaired) electrons. The van der Waals surface area contributed by atoms with Crippen molar-refractivity contribution in [2.24, 2.45) is 0 Å². The summed E-state index contributed by atoms with van der Waals surface area (Å²) in [4.78, 5) is 13.0. The first-order valence-corrected chi connectivity index (χ1v) is 12.2. The number of hydrogen-bond acceptors (Lipinski definition) is 5. The molecule has 0 aliphatic rings. The van der Waals surface area contributed by atoms with Crippen molar-refractivity contribution in [2.45, 2.75) is 16.9 Å². The maximum Gasteiger partial charge on any atom is 0.253 e. The number of aryl methyl sites for hydroxylation is 1. The second-order valence-electron chi connectivity index (χ2n) is 6.56. The number of methoxy groups -OCH3 is 3. The van der Waals surface area contributed by atoms with E-state index < -0.39 is 15.9 Å². The first-order chi connectivity index (χ1) is 15.4. The molecule has 1 amide bonds. The molecule has 0 spiro atoms. The molecule has 3 N–H and O–H groups in total. The van der Waals surface area contributed by atoms with Crippen molar-refractivity contribution < 1.29 is 19.0 Å². The van der Waals surface area contributed by atoms with E-state index in [9.17, 15) is 4.79 Å². The fourth-order valence-corrected chi connectivity index (χ4v) is 4.89. The minimum Gasteiger partial charge on any atom is -0.493 e. The zero-order valence-corrected chi connectivity index (χ0v) is 24.1. The SMILES string of the molecule is COc1cc(C(=O)NC(NC(=S)Nc2c(Br)cc(C)cc2Br)C(Cl)(Cl)Cl)cc(OC)c1OC. The Balaban J connectivity index is 2.25. The van der Waals surface area contributed by atoms with E-state index in [1.54, 1.807) is 0 Å². The number of nitrogens with one attached hydrogen (secondary N) is 3. The number of ether oxygens (including phenoxy) is 3. The minimum atomic E-state index is -1.94. The fraction of sp³-hybridized carbons (Fsp3) is 0.300. The third kappa shape index (κ3) is 7.40. The van der Waals surface area contributed by atoms with Gasteiger partial charge in [0.2, 0.25) is 9.54 Å². The number of rotatable bonds is 7. The van der Waals surface area contributed by atoms with Crippen LogP contribution in [0.4, 0.5) is 5.69 Å². The summed E-state index contributed by atoms with van der Waals surface area (Å²) < 4.78 is 15.4. The third-order valence-electron chi connectivity index (χ3n) is 4.23. The molecule has 0 saturated heterocycles. The van der Waals surface area contributed by atoms with Gasteiger partial charge >= 0.3 is 0 Å². The summed E-state index contributed by atoms with van der Waals surface area (Å²) in [7, 11) is 4.34. The maximum absolute atomic E-state index is 13.0. The number of hydrogen-bond donors (Lipinski definition) is 3. The summed E-state index contributed by atoms with van der Waals surface area (Å²) in [5.41, 5.74) is 1.89. The van der Waals surface area contributed by atoms with Crippen LogP contribution in [0.5, 0.6) is 17.2 Å². The molecule has 2 aromatic rings. The Morgan fingerprint density at radius 2 is 1.48 bits per heavy atom. The smallest absolute Gasteiger partial charge is 0.253 e. The lowest BCUT2D eigenvalue weighted by Gasteiger charge is -2.28. The standard InChI is InChI=1S/C20H20Br2Cl3N3O4S/c1-9-5-11(21)15(12(22)6-9)26-19(33)28-18(20(23,24)25)27-17(29)10-7-13(30-2)16(32-4)14(8-10)31-3/h5-8,18H,1-4H3,(H,27,29)(H2,26,28,33). The molecule has 2 rings (SSSR count). The van der Waals surface area contributed by atoms with Gasteiger partial charge in [0.05, 0.1) is 27.0 Å². The van der Waals surface area contributed by atoms with Gasteiger partial charge in [-0.1, -0.05) is 34.8 Å². The van der Waals surface area contributed by atoms with Gasteiger partial charge in [-0.25, -0.2) is 0 Å². The molecule has 0 bridgehead atoms. The Morgan fingerprint density at radius 1 is 0.970 bits per heavy atom. The van der Waals surface area contributed by atoms with E-state index in [2.05, 4.69) is 47.8 Å². The first-order valence-electron chi connectivity index (χ1n) is 9.12. The molecule has 0 heterocycles. The van der Waals surface area contributed by atoms with Gasteiger partial charge in [-0.05, 0) is 80.8 Å². The zero-order chi connectivity index (χ0) is 24.9. The Kier molecular flexibility index (Phi) is 10.2. The quantitative estimate of drug-likeness (QED) is 0.192. The number of benzene rings is 2. The highest BCUT2D eigenvalue weighted by atomic mass is 79.9. The average molecular weight is 665 g/mol. The van der Waals surface area contributed by atoms with Crippen molar-refractivity contribution in [1.29, 1.82) is 0 Å². The van der Waals surface area contributed by atoms with Crippen LogP contribution in [-0.2, 0) is 0 Å². The van der Waals surface area contributed by atoms with Gasteiger partial charge in [-0.15, -0.1) is 0 Å². The predicted octanol–water partition coefficient (Wildman–Crippen LogP) is 5.96. The third-order valence-corrected chi connectivity index (χ3v) is 6.36. The summed E-state index contributed by atoms with van der Waals surface area (Å²) in [6.45, 7) is 1.95. The summed E-state index contributed by atoms with van der Waals surface area (Å²) in [5, 5.41) is 8.57. The van der Waals surface area contributed by atoms with Crippen LogP contribution in [-0.4, -0.2) is 42.3 Å². The molecular formula is C20H20Br2Cl3N3O4S. The monoisotopic (exact) mass is 661 g/mol. The van der Waals surface area contributed by atoms with E-state index >= 15 is 0 Å². The summed E-state index contributed by atoms with van der Waals surface area (Å²) in [6.07, 6.45) is -1.18. The highest BCUT2D eigenvalue weighted by Crippen LogP contribution is 2.38. The Labute approximate surface area is 229 Å². The van der Waals surface area contributed by atoms with Gasteiger partial charge in [0, 0.05) is 14.5 Å². The van der Waals surface area contributed by atoms with Crippen LogP contribution in [0.3, 0.4) is 0 Å². The van der Waals surface area contributed by atoms with Crippen molar-refractivity contribution in [3.63, 3.8) is 0 Å². The number of anilines is 1. The number of carbonyl (C=O) groups is 1. The molecule has 0 aliphatic heterocycles. The number of amides is 1. The van der Waals surface area contributed by atoms with Gasteiger partial charge in [0.1, 0.15) is 6.17 Å². The van der Waals surface area contributed by atoms with Gasteiger partial charge in [-0.2, -0.15) is 0 Å². The van der Waals surface area contributed by atoms with Crippen molar-refractivity contribution >= 4 is 95.6 Å². The molecular weight excluding hydrogens is 644 g/mol. The summed E-state index contributed by atoms with van der Waals surface area (Å²) in [5.74, 6) is 0.365. The van der Waals surface area contributed by atoms with Gasteiger partial charge < -0.3 is 30.2 Å². The number of carbonyl (C=O) groups excluding carboxylic acids is 1. The van der Waals surface area contributed by atoms with E-state index in [1.807, 2.05) is 19.1 Å². The molecule has 1 atom stereocenters. The lowest BCUT2D eigenvalue weighted by Crippen LogP contribution is -2.56. The second kappa shape index (κ2) is 12.0. The van der Waals surface area contributed by atoms with E-state index in [1.165, 1.54) is 33.5 Å². The largest absolute Gasteiger partial charge is 0.493 e. The molecule has 0 fully saturated rings. The van der Waals surface area contributed by atoms with Crippen molar-refractivity contribution in [3.8, 4) is 17.2 Å².